The molecule has 1 heterocycles. The highest BCUT2D eigenvalue weighted by atomic mass is 35.5. The summed E-state index contributed by atoms with van der Waals surface area (Å²) in [5.41, 5.74) is 10.4. The third kappa shape index (κ3) is 1.87. The molecule has 0 amide bonds. The van der Waals surface area contributed by atoms with Crippen LogP contribution in [0.25, 0.3) is 0 Å². The Bertz CT molecular complexity index is 317. The van der Waals surface area contributed by atoms with Crippen LogP contribution >= 0.6 is 11.6 Å². The lowest BCUT2D eigenvalue weighted by atomic mass is 10.2. The first kappa shape index (κ1) is 10.1. The number of nitrogens with zero attached hydrogens (tertiary/aromatic N) is 1. The van der Waals surface area contributed by atoms with Crippen LogP contribution in [0.1, 0.15) is 17.6 Å². The Balaban J connectivity index is 3.30. The highest BCUT2D eigenvalue weighted by molar-refractivity contribution is 6.32. The van der Waals surface area contributed by atoms with E-state index in [9.17, 15) is 8.78 Å². The second-order valence-electron chi connectivity index (χ2n) is 2.40. The van der Waals surface area contributed by atoms with Crippen LogP contribution in [0, 0.1) is 0 Å². The molecule has 0 spiro atoms. The minimum atomic E-state index is -2.73. The van der Waals surface area contributed by atoms with Gasteiger partial charge >= 0.3 is 0 Å². The number of pyridine rings is 1. The van der Waals surface area contributed by atoms with Crippen LogP contribution in [0.5, 0.6) is 0 Å². The quantitative estimate of drug-likeness (QED) is 0.776. The number of nitrogen functional groups attached to an aromatic ring is 1. The largest absolute Gasteiger partial charge is 0.383 e. The molecular weight excluding hydrogens is 200 g/mol. The van der Waals surface area contributed by atoms with Crippen molar-refractivity contribution >= 4 is 17.4 Å². The Labute approximate surface area is 78.7 Å². The molecular formula is C7H8ClF2N3. The van der Waals surface area contributed by atoms with Gasteiger partial charge in [0, 0.05) is 18.3 Å². The van der Waals surface area contributed by atoms with Gasteiger partial charge in [-0.25, -0.2) is 13.8 Å². The highest BCUT2D eigenvalue weighted by Gasteiger charge is 2.18. The Kier molecular flexibility index (Phi) is 3.00. The number of hydrogen-bond acceptors (Lipinski definition) is 3. The average molecular weight is 208 g/mol. The lowest BCUT2D eigenvalue weighted by Gasteiger charge is -2.08. The normalized spacial score (nSPS) is 10.8. The molecule has 0 fully saturated rings. The van der Waals surface area contributed by atoms with Crippen molar-refractivity contribution < 1.29 is 8.78 Å². The van der Waals surface area contributed by atoms with Gasteiger partial charge in [-0.2, -0.15) is 0 Å². The van der Waals surface area contributed by atoms with E-state index in [4.69, 9.17) is 23.1 Å². The fourth-order valence-corrected chi connectivity index (χ4v) is 1.21. The van der Waals surface area contributed by atoms with Crippen molar-refractivity contribution in [2.75, 3.05) is 5.73 Å². The maximum absolute atomic E-state index is 12.4. The van der Waals surface area contributed by atoms with Gasteiger partial charge in [0.25, 0.3) is 6.43 Å². The molecule has 1 aromatic rings. The molecule has 3 nitrogen and oxygen atoms in total. The number of nitrogens with two attached hydrogens (primary N) is 2. The molecule has 1 rings (SSSR count). The van der Waals surface area contributed by atoms with Crippen molar-refractivity contribution in [3.8, 4) is 0 Å². The lowest BCUT2D eigenvalue weighted by Crippen LogP contribution is -2.05. The topological polar surface area (TPSA) is 64.9 Å². The van der Waals surface area contributed by atoms with Crippen molar-refractivity contribution in [2.24, 2.45) is 5.73 Å². The van der Waals surface area contributed by atoms with Gasteiger partial charge in [0.15, 0.2) is 0 Å². The summed E-state index contributed by atoms with van der Waals surface area (Å²) in [7, 11) is 0. The Morgan fingerprint density at radius 1 is 1.54 bits per heavy atom. The van der Waals surface area contributed by atoms with E-state index in [1.54, 1.807) is 0 Å². The SMILES string of the molecule is NCc1cnc(N)c(C(F)F)c1Cl. The maximum Gasteiger partial charge on any atom is 0.268 e. The van der Waals surface area contributed by atoms with E-state index in [-0.39, 0.29) is 17.4 Å². The van der Waals surface area contributed by atoms with Crippen molar-refractivity contribution in [1.29, 1.82) is 0 Å². The van der Waals surface area contributed by atoms with Gasteiger partial charge in [-0.05, 0) is 0 Å². The minimum Gasteiger partial charge on any atom is -0.383 e. The molecule has 0 atom stereocenters. The van der Waals surface area contributed by atoms with Gasteiger partial charge in [-0.1, -0.05) is 11.6 Å². The van der Waals surface area contributed by atoms with Crippen LogP contribution in [0.2, 0.25) is 5.02 Å². The summed E-state index contributed by atoms with van der Waals surface area (Å²) in [5.74, 6) is -0.253. The molecule has 0 saturated carbocycles. The Hall–Kier alpha value is -0.940. The molecule has 0 aliphatic carbocycles. The first-order chi connectivity index (χ1) is 6.07. The van der Waals surface area contributed by atoms with E-state index in [1.807, 2.05) is 0 Å². The van der Waals surface area contributed by atoms with Crippen LogP contribution in [0.3, 0.4) is 0 Å². The van der Waals surface area contributed by atoms with E-state index in [0.29, 0.717) is 5.56 Å². The summed E-state index contributed by atoms with van der Waals surface area (Å²) < 4.78 is 24.7. The van der Waals surface area contributed by atoms with Crippen molar-refractivity contribution in [1.82, 2.24) is 4.98 Å². The van der Waals surface area contributed by atoms with Crippen LogP contribution in [0.15, 0.2) is 6.20 Å². The summed E-state index contributed by atoms with van der Waals surface area (Å²) in [6.45, 7) is 0.0613. The van der Waals surface area contributed by atoms with Crippen molar-refractivity contribution in [3.05, 3.63) is 22.3 Å². The van der Waals surface area contributed by atoms with Gasteiger partial charge in [0.2, 0.25) is 0 Å². The van der Waals surface area contributed by atoms with E-state index >= 15 is 0 Å². The van der Waals surface area contributed by atoms with Gasteiger partial charge in [0.05, 0.1) is 10.6 Å². The van der Waals surface area contributed by atoms with Crippen LogP contribution in [-0.2, 0) is 6.54 Å². The second-order valence-corrected chi connectivity index (χ2v) is 2.78. The summed E-state index contributed by atoms with van der Waals surface area (Å²) in [6.07, 6.45) is -1.43. The number of rotatable bonds is 2. The molecule has 0 saturated heterocycles. The number of halogens is 3. The molecule has 0 aliphatic rings. The standard InChI is InChI=1S/C7H8ClF2N3/c8-5-3(1-11)2-13-7(12)4(5)6(9)10/h2,6H,1,11H2,(H2,12,13). The first-order valence-corrected chi connectivity index (χ1v) is 3.86. The summed E-state index contributed by atoms with van der Waals surface area (Å²) in [4.78, 5) is 3.57. The molecule has 0 aromatic carbocycles. The fourth-order valence-electron chi connectivity index (χ4n) is 0.909. The molecule has 0 radical (unpaired) electrons. The van der Waals surface area contributed by atoms with E-state index < -0.39 is 12.0 Å². The fraction of sp³-hybridized carbons (Fsp3) is 0.286. The zero-order chi connectivity index (χ0) is 10.0. The Morgan fingerprint density at radius 2 is 2.15 bits per heavy atom. The molecule has 0 bridgehead atoms. The zero-order valence-electron chi connectivity index (χ0n) is 6.60. The highest BCUT2D eigenvalue weighted by Crippen LogP contribution is 2.32. The number of anilines is 1. The predicted octanol–water partition coefficient (Wildman–Crippen LogP) is 1.71. The number of alkyl halides is 2. The molecule has 72 valence electrons. The van der Waals surface area contributed by atoms with E-state index in [2.05, 4.69) is 4.98 Å². The number of aromatic nitrogens is 1. The first-order valence-electron chi connectivity index (χ1n) is 3.49. The number of hydrogen-bond donors (Lipinski definition) is 2. The molecule has 6 heteroatoms. The monoisotopic (exact) mass is 207 g/mol. The summed E-state index contributed by atoms with van der Waals surface area (Å²) in [5, 5.41) is -0.0926. The third-order valence-corrected chi connectivity index (χ3v) is 2.04. The van der Waals surface area contributed by atoms with Crippen LogP contribution in [0.4, 0.5) is 14.6 Å². The molecule has 0 aliphatic heterocycles. The second kappa shape index (κ2) is 3.85. The lowest BCUT2D eigenvalue weighted by molar-refractivity contribution is 0.152. The maximum atomic E-state index is 12.4. The molecule has 1 aromatic heterocycles. The molecule has 4 N–H and O–H groups in total. The minimum absolute atomic E-state index is 0.0613. The third-order valence-electron chi connectivity index (χ3n) is 1.59. The smallest absolute Gasteiger partial charge is 0.268 e. The van der Waals surface area contributed by atoms with Gasteiger partial charge < -0.3 is 11.5 Å². The predicted molar refractivity (Wildman–Crippen MR) is 46.5 cm³/mol. The summed E-state index contributed by atoms with van der Waals surface area (Å²) >= 11 is 5.63. The van der Waals surface area contributed by atoms with Crippen molar-refractivity contribution in [2.45, 2.75) is 13.0 Å². The summed E-state index contributed by atoms with van der Waals surface area (Å²) in [6, 6.07) is 0. The van der Waals surface area contributed by atoms with Gasteiger partial charge in [-0.3, -0.25) is 0 Å². The van der Waals surface area contributed by atoms with E-state index in [0.717, 1.165) is 0 Å². The van der Waals surface area contributed by atoms with E-state index in [1.165, 1.54) is 6.20 Å². The molecule has 0 unspecified atom stereocenters. The average Bonchev–Trinajstić information content (AvgIpc) is 2.04. The Morgan fingerprint density at radius 3 is 2.62 bits per heavy atom. The van der Waals surface area contributed by atoms with Gasteiger partial charge in [0.1, 0.15) is 5.82 Å². The van der Waals surface area contributed by atoms with Crippen LogP contribution in [-0.4, -0.2) is 4.98 Å². The zero-order valence-corrected chi connectivity index (χ0v) is 7.35. The van der Waals surface area contributed by atoms with Crippen LogP contribution < -0.4 is 11.5 Å². The van der Waals surface area contributed by atoms with Crippen molar-refractivity contribution in [3.63, 3.8) is 0 Å². The molecule has 13 heavy (non-hydrogen) atoms. The van der Waals surface area contributed by atoms with Gasteiger partial charge in [-0.15, -0.1) is 0 Å².